The minimum atomic E-state index is -0.517. The van der Waals surface area contributed by atoms with Gasteiger partial charge in [-0.05, 0) is 41.7 Å². The van der Waals surface area contributed by atoms with Crippen LogP contribution in [0.5, 0.6) is 5.75 Å². The van der Waals surface area contributed by atoms with Crippen molar-refractivity contribution in [3.63, 3.8) is 0 Å². The molecule has 46 heavy (non-hydrogen) atoms. The molecule has 0 saturated heterocycles. The molecule has 0 amide bonds. The van der Waals surface area contributed by atoms with Gasteiger partial charge in [-0.3, -0.25) is 4.79 Å². The minimum absolute atomic E-state index is 0.292. The molecule has 0 heterocycles. The first-order chi connectivity index (χ1) is 22.6. The molecule has 0 aromatic heterocycles. The lowest BCUT2D eigenvalue weighted by molar-refractivity contribution is -0.179. The standard InChI is InChI=1S/C40H56O6/c1-4-5-6-7-8-9-10-11-12-19-24-38(46-33(2)41)40(45-31-35-22-17-14-18-23-35)39(32-43-29-34-20-15-13-16-21-34)44-30-36-25-27-37(42-3)28-26-36/h13-18,20-23,25-28,38-40H,4-12,19,24,29-32H2,1-3H3/t38-,39-,40-/m1/s1. The molecular formula is C40H56O6. The molecule has 0 aliphatic heterocycles. The van der Waals surface area contributed by atoms with Gasteiger partial charge in [0.1, 0.15) is 24.1 Å². The van der Waals surface area contributed by atoms with Crippen molar-refractivity contribution in [2.45, 2.75) is 123 Å². The average molecular weight is 633 g/mol. The zero-order chi connectivity index (χ0) is 32.7. The average Bonchev–Trinajstić information content (AvgIpc) is 3.08. The summed E-state index contributed by atoms with van der Waals surface area (Å²) in [5.74, 6) is 0.478. The van der Waals surface area contributed by atoms with Crippen molar-refractivity contribution >= 4 is 5.97 Å². The zero-order valence-electron chi connectivity index (χ0n) is 28.4. The van der Waals surface area contributed by atoms with Crippen molar-refractivity contribution in [3.05, 3.63) is 102 Å². The van der Waals surface area contributed by atoms with Crippen molar-refractivity contribution in [2.75, 3.05) is 13.7 Å². The van der Waals surface area contributed by atoms with Crippen LogP contribution >= 0.6 is 0 Å². The summed E-state index contributed by atoms with van der Waals surface area (Å²) in [5, 5.41) is 0. The monoisotopic (exact) mass is 632 g/mol. The number of rotatable bonds is 25. The third-order valence-electron chi connectivity index (χ3n) is 8.19. The molecule has 0 radical (unpaired) electrons. The van der Waals surface area contributed by atoms with Gasteiger partial charge in [0.15, 0.2) is 0 Å². The molecule has 3 aromatic rings. The largest absolute Gasteiger partial charge is 0.497 e. The van der Waals surface area contributed by atoms with Crippen LogP contribution in [0.15, 0.2) is 84.9 Å². The third-order valence-corrected chi connectivity index (χ3v) is 8.19. The van der Waals surface area contributed by atoms with E-state index in [1.54, 1.807) is 7.11 Å². The number of esters is 1. The predicted octanol–water partition coefficient (Wildman–Crippen LogP) is 9.63. The Hall–Kier alpha value is -3.19. The first kappa shape index (κ1) is 37.3. The van der Waals surface area contributed by atoms with Crippen molar-refractivity contribution in [1.29, 1.82) is 0 Å². The lowest BCUT2D eigenvalue weighted by Gasteiger charge is -2.33. The molecule has 3 rings (SSSR count). The fourth-order valence-corrected chi connectivity index (χ4v) is 5.59. The highest BCUT2D eigenvalue weighted by molar-refractivity contribution is 5.66. The van der Waals surface area contributed by atoms with Gasteiger partial charge in [-0.2, -0.15) is 0 Å². The summed E-state index contributed by atoms with van der Waals surface area (Å²) in [6.45, 7) is 5.21. The fourth-order valence-electron chi connectivity index (χ4n) is 5.59. The van der Waals surface area contributed by atoms with E-state index in [1.165, 1.54) is 58.3 Å². The molecule has 3 aromatic carbocycles. The summed E-state index contributed by atoms with van der Waals surface area (Å²) in [7, 11) is 1.66. The Labute approximate surface area is 277 Å². The topological polar surface area (TPSA) is 63.2 Å². The number of benzene rings is 3. The van der Waals surface area contributed by atoms with Gasteiger partial charge in [-0.25, -0.2) is 0 Å². The van der Waals surface area contributed by atoms with Gasteiger partial charge >= 0.3 is 5.97 Å². The number of methoxy groups -OCH3 is 1. The Kier molecular flexibility index (Phi) is 18.8. The third kappa shape index (κ3) is 15.4. The molecule has 0 unspecified atom stereocenters. The molecule has 6 nitrogen and oxygen atoms in total. The molecule has 0 bridgehead atoms. The Morgan fingerprint density at radius 2 is 1.13 bits per heavy atom. The molecule has 6 heteroatoms. The first-order valence-electron chi connectivity index (χ1n) is 17.3. The van der Waals surface area contributed by atoms with Gasteiger partial charge in [0.05, 0.1) is 33.5 Å². The Balaban J connectivity index is 1.72. The number of ether oxygens (including phenoxy) is 5. The van der Waals surface area contributed by atoms with Crippen LogP contribution < -0.4 is 4.74 Å². The molecule has 0 spiro atoms. The number of carbonyl (C=O) groups is 1. The summed E-state index contributed by atoms with van der Waals surface area (Å²) in [5.41, 5.74) is 3.14. The summed E-state index contributed by atoms with van der Waals surface area (Å²) in [6, 6.07) is 28.0. The van der Waals surface area contributed by atoms with E-state index in [2.05, 4.69) is 6.92 Å². The van der Waals surface area contributed by atoms with Crippen LogP contribution in [0.1, 0.15) is 101 Å². The highest BCUT2D eigenvalue weighted by Crippen LogP contribution is 2.23. The van der Waals surface area contributed by atoms with Crippen LogP contribution in [0.4, 0.5) is 0 Å². The van der Waals surface area contributed by atoms with E-state index >= 15 is 0 Å². The van der Waals surface area contributed by atoms with Crippen LogP contribution in [0.2, 0.25) is 0 Å². The normalized spacial score (nSPS) is 13.2. The Morgan fingerprint density at radius 3 is 1.70 bits per heavy atom. The number of unbranched alkanes of at least 4 members (excludes halogenated alkanes) is 9. The second kappa shape index (κ2) is 23.2. The van der Waals surface area contributed by atoms with Crippen LogP contribution in [0, 0.1) is 0 Å². The van der Waals surface area contributed by atoms with E-state index in [1.807, 2.05) is 84.9 Å². The maximum absolute atomic E-state index is 12.4. The van der Waals surface area contributed by atoms with Crippen molar-refractivity contribution in [2.24, 2.45) is 0 Å². The van der Waals surface area contributed by atoms with E-state index < -0.39 is 18.3 Å². The fraction of sp³-hybridized carbons (Fsp3) is 0.525. The summed E-state index contributed by atoms with van der Waals surface area (Å²) < 4.78 is 30.8. The highest BCUT2D eigenvalue weighted by atomic mass is 16.6. The lowest BCUT2D eigenvalue weighted by Crippen LogP contribution is -2.45. The molecule has 0 aliphatic rings. The van der Waals surface area contributed by atoms with Gasteiger partial charge < -0.3 is 23.7 Å². The molecule has 0 saturated carbocycles. The van der Waals surface area contributed by atoms with Crippen molar-refractivity contribution < 1.29 is 28.5 Å². The van der Waals surface area contributed by atoms with E-state index in [4.69, 9.17) is 23.7 Å². The molecule has 0 N–H and O–H groups in total. The first-order valence-corrected chi connectivity index (χ1v) is 17.3. The smallest absolute Gasteiger partial charge is 0.302 e. The Bertz CT molecular complexity index is 1170. The van der Waals surface area contributed by atoms with Gasteiger partial charge in [0.25, 0.3) is 0 Å². The zero-order valence-corrected chi connectivity index (χ0v) is 28.4. The van der Waals surface area contributed by atoms with Gasteiger partial charge in [0.2, 0.25) is 0 Å². The number of carbonyl (C=O) groups excluding carboxylic acids is 1. The van der Waals surface area contributed by atoms with E-state index in [0.29, 0.717) is 32.8 Å². The van der Waals surface area contributed by atoms with Crippen LogP contribution in [-0.2, 0) is 43.6 Å². The predicted molar refractivity (Wildman–Crippen MR) is 185 cm³/mol. The highest BCUT2D eigenvalue weighted by Gasteiger charge is 2.34. The van der Waals surface area contributed by atoms with E-state index in [9.17, 15) is 4.79 Å². The molecule has 0 aliphatic carbocycles. The van der Waals surface area contributed by atoms with E-state index in [0.717, 1.165) is 35.3 Å². The maximum atomic E-state index is 12.4. The van der Waals surface area contributed by atoms with Gasteiger partial charge in [-0.15, -0.1) is 0 Å². The Morgan fingerprint density at radius 1 is 0.609 bits per heavy atom. The SMILES string of the molecule is CCCCCCCCCCCC[C@@H](OC(C)=O)[C@@H](OCc1ccccc1)[C@@H](COCc1ccccc1)OCc1ccc(OC)cc1. The van der Waals surface area contributed by atoms with Crippen LogP contribution in [-0.4, -0.2) is 38.0 Å². The second-order valence-electron chi connectivity index (χ2n) is 12.1. The van der Waals surface area contributed by atoms with Crippen LogP contribution in [0.25, 0.3) is 0 Å². The number of hydrogen-bond acceptors (Lipinski definition) is 6. The van der Waals surface area contributed by atoms with E-state index in [-0.39, 0.29) is 5.97 Å². The van der Waals surface area contributed by atoms with Crippen LogP contribution in [0.3, 0.4) is 0 Å². The molecule has 252 valence electrons. The van der Waals surface area contributed by atoms with Gasteiger partial charge in [-0.1, -0.05) is 138 Å². The summed E-state index contributed by atoms with van der Waals surface area (Å²) >= 11 is 0. The molecule has 0 fully saturated rings. The second-order valence-corrected chi connectivity index (χ2v) is 12.1. The lowest BCUT2D eigenvalue weighted by atomic mass is 9.99. The molecular weight excluding hydrogens is 576 g/mol. The number of hydrogen-bond donors (Lipinski definition) is 0. The summed E-state index contributed by atoms with van der Waals surface area (Å²) in [6.07, 6.45) is 11.7. The quantitative estimate of drug-likeness (QED) is 0.0685. The van der Waals surface area contributed by atoms with Crippen molar-refractivity contribution in [1.82, 2.24) is 0 Å². The van der Waals surface area contributed by atoms with Gasteiger partial charge in [0, 0.05) is 6.92 Å². The van der Waals surface area contributed by atoms with Crippen molar-refractivity contribution in [3.8, 4) is 5.75 Å². The molecule has 3 atom stereocenters. The maximum Gasteiger partial charge on any atom is 0.302 e. The minimum Gasteiger partial charge on any atom is -0.497 e. The summed E-state index contributed by atoms with van der Waals surface area (Å²) in [4.78, 5) is 12.4.